The molecule has 0 saturated heterocycles. The van der Waals surface area contributed by atoms with Gasteiger partial charge in [-0.2, -0.15) is 0 Å². The lowest BCUT2D eigenvalue weighted by Gasteiger charge is -2.26. The van der Waals surface area contributed by atoms with Gasteiger partial charge in [0.15, 0.2) is 5.81 Å². The highest BCUT2D eigenvalue weighted by atomic mass is 16.1. The Morgan fingerprint density at radius 1 is 1.36 bits per heavy atom. The van der Waals surface area contributed by atoms with Crippen molar-refractivity contribution in [1.82, 2.24) is 5.32 Å². The van der Waals surface area contributed by atoms with Crippen LogP contribution in [0.3, 0.4) is 0 Å². The van der Waals surface area contributed by atoms with E-state index in [0.717, 1.165) is 25.7 Å². The first kappa shape index (κ1) is 8.59. The molecule has 2 radical (unpaired) electrons. The Balaban J connectivity index is 2.22. The van der Waals surface area contributed by atoms with Crippen LogP contribution in [0, 0.1) is 0 Å². The van der Waals surface area contributed by atoms with Gasteiger partial charge in [-0.15, -0.1) is 0 Å². The minimum atomic E-state index is -0.425. The van der Waals surface area contributed by atoms with Crippen LogP contribution in [0.4, 0.5) is 4.79 Å². The third-order valence-corrected chi connectivity index (χ3v) is 2.12. The summed E-state index contributed by atoms with van der Waals surface area (Å²) in [6, 6.07) is 0.577. The topological polar surface area (TPSA) is 55.1 Å². The number of rotatable bonds is 1. The van der Waals surface area contributed by atoms with Gasteiger partial charge in [-0.1, -0.05) is 0 Å². The molecule has 1 amide bonds. The van der Waals surface area contributed by atoms with E-state index in [1.165, 1.54) is 0 Å². The number of nitrogens with two attached hydrogens (primary N) is 1. The Hall–Kier alpha value is -0.505. The summed E-state index contributed by atoms with van der Waals surface area (Å²) < 4.78 is 0. The molecule has 1 aliphatic rings. The molecular weight excluding hydrogens is 139 g/mol. The van der Waals surface area contributed by atoms with Crippen molar-refractivity contribution < 1.29 is 4.79 Å². The molecule has 60 valence electrons. The summed E-state index contributed by atoms with van der Waals surface area (Å²) in [6.45, 7) is 0. The molecule has 1 aliphatic carbocycles. The van der Waals surface area contributed by atoms with Crippen LogP contribution in [0.5, 0.6) is 0 Å². The Morgan fingerprint density at radius 2 is 1.91 bits per heavy atom. The summed E-state index contributed by atoms with van der Waals surface area (Å²) in [6.07, 6.45) is 3.91. The minimum Gasteiger partial charge on any atom is -0.363 e. The molecule has 0 heterocycles. The first-order valence-corrected chi connectivity index (χ1v) is 4.00. The van der Waals surface area contributed by atoms with E-state index in [0.29, 0.717) is 6.04 Å². The number of carbonyl (C=O) groups excluding carboxylic acids is 1. The Labute approximate surface area is 68.1 Å². The predicted molar refractivity (Wildman–Crippen MR) is 44.5 cm³/mol. The molecule has 0 unspecified atom stereocenters. The molecular formula is C7H13BN2O. The second kappa shape index (κ2) is 3.76. The van der Waals surface area contributed by atoms with Crippen LogP contribution in [-0.4, -0.2) is 25.7 Å². The van der Waals surface area contributed by atoms with Crippen LogP contribution in [0.15, 0.2) is 0 Å². The monoisotopic (exact) mass is 152 g/mol. The molecule has 0 aliphatic heterocycles. The third kappa shape index (κ3) is 2.93. The summed E-state index contributed by atoms with van der Waals surface area (Å²) >= 11 is 0. The van der Waals surface area contributed by atoms with E-state index in [9.17, 15) is 4.79 Å². The fourth-order valence-corrected chi connectivity index (χ4v) is 1.46. The summed E-state index contributed by atoms with van der Waals surface area (Å²) in [4.78, 5) is 10.4. The van der Waals surface area contributed by atoms with Crippen molar-refractivity contribution in [1.29, 1.82) is 0 Å². The van der Waals surface area contributed by atoms with Gasteiger partial charge in [0.1, 0.15) is 0 Å². The zero-order chi connectivity index (χ0) is 8.27. The van der Waals surface area contributed by atoms with Gasteiger partial charge in [0.2, 0.25) is 7.85 Å². The van der Waals surface area contributed by atoms with E-state index >= 15 is 0 Å². The van der Waals surface area contributed by atoms with Gasteiger partial charge in [0, 0.05) is 12.1 Å². The van der Waals surface area contributed by atoms with Gasteiger partial charge in [0.25, 0.3) is 0 Å². The zero-order valence-electron chi connectivity index (χ0n) is 6.55. The maximum atomic E-state index is 10.4. The Kier molecular flexibility index (Phi) is 2.94. The number of hydrogen-bond acceptors (Lipinski definition) is 2. The van der Waals surface area contributed by atoms with Crippen molar-refractivity contribution in [2.24, 2.45) is 5.73 Å². The number of hydrogen-bond donors (Lipinski definition) is 2. The standard InChI is InChI=1S/C7H13BN2O/c8-7(11)10-6-3-1-5(9)2-4-6/h5-6H,1-4,9H2,(H,10,11). The van der Waals surface area contributed by atoms with E-state index in [4.69, 9.17) is 13.6 Å². The fraction of sp³-hybridized carbons (Fsp3) is 0.857. The molecule has 1 fully saturated rings. The van der Waals surface area contributed by atoms with Crippen LogP contribution in [0.2, 0.25) is 0 Å². The van der Waals surface area contributed by atoms with Gasteiger partial charge in [0.05, 0.1) is 0 Å². The maximum absolute atomic E-state index is 10.4. The SMILES string of the molecule is [B]C(=O)NC1CCC(N)CC1. The quantitative estimate of drug-likeness (QED) is 0.525. The van der Waals surface area contributed by atoms with E-state index < -0.39 is 5.81 Å². The van der Waals surface area contributed by atoms with Crippen molar-refractivity contribution in [3.8, 4) is 0 Å². The van der Waals surface area contributed by atoms with Crippen molar-refractivity contribution in [3.63, 3.8) is 0 Å². The average Bonchev–Trinajstić information content (AvgIpc) is 1.93. The molecule has 0 spiro atoms. The summed E-state index contributed by atoms with van der Waals surface area (Å²) in [7, 11) is 4.98. The molecule has 3 nitrogen and oxygen atoms in total. The lowest BCUT2D eigenvalue weighted by atomic mass is 9.91. The van der Waals surface area contributed by atoms with Crippen LogP contribution < -0.4 is 11.1 Å². The lowest BCUT2D eigenvalue weighted by molar-refractivity contribution is 0.250. The predicted octanol–water partition coefficient (Wildman–Crippen LogP) is 0.134. The molecule has 0 aromatic rings. The van der Waals surface area contributed by atoms with Crippen molar-refractivity contribution in [3.05, 3.63) is 0 Å². The van der Waals surface area contributed by atoms with E-state index in [2.05, 4.69) is 5.32 Å². The average molecular weight is 152 g/mol. The first-order chi connectivity index (χ1) is 5.18. The van der Waals surface area contributed by atoms with Crippen molar-refractivity contribution in [2.75, 3.05) is 0 Å². The highest BCUT2D eigenvalue weighted by Gasteiger charge is 2.18. The Bertz CT molecular complexity index is 143. The molecule has 1 saturated carbocycles. The molecule has 4 heteroatoms. The highest BCUT2D eigenvalue weighted by molar-refractivity contribution is 6.57. The van der Waals surface area contributed by atoms with E-state index in [-0.39, 0.29) is 6.04 Å². The lowest BCUT2D eigenvalue weighted by Crippen LogP contribution is -2.39. The van der Waals surface area contributed by atoms with Crippen molar-refractivity contribution in [2.45, 2.75) is 37.8 Å². The molecule has 3 N–H and O–H groups in total. The highest BCUT2D eigenvalue weighted by Crippen LogP contribution is 2.16. The van der Waals surface area contributed by atoms with Crippen LogP contribution in [0.1, 0.15) is 25.7 Å². The molecule has 0 atom stereocenters. The number of carbonyl (C=O) groups is 1. The Morgan fingerprint density at radius 3 is 2.36 bits per heavy atom. The van der Waals surface area contributed by atoms with Gasteiger partial charge in [-0.05, 0) is 25.7 Å². The van der Waals surface area contributed by atoms with Crippen LogP contribution >= 0.6 is 0 Å². The molecule has 11 heavy (non-hydrogen) atoms. The van der Waals surface area contributed by atoms with E-state index in [1.807, 2.05) is 0 Å². The number of nitrogens with one attached hydrogen (secondary N) is 1. The second-order valence-corrected chi connectivity index (χ2v) is 3.12. The zero-order valence-corrected chi connectivity index (χ0v) is 6.55. The van der Waals surface area contributed by atoms with Crippen LogP contribution in [0.25, 0.3) is 0 Å². The first-order valence-electron chi connectivity index (χ1n) is 4.00. The minimum absolute atomic E-state index is 0.257. The largest absolute Gasteiger partial charge is 0.363 e. The fourth-order valence-electron chi connectivity index (χ4n) is 1.46. The number of amides is 1. The van der Waals surface area contributed by atoms with Crippen LogP contribution in [-0.2, 0) is 0 Å². The molecule has 0 aromatic heterocycles. The summed E-state index contributed by atoms with van der Waals surface area (Å²) in [5, 5.41) is 2.69. The maximum Gasteiger partial charge on any atom is 0.200 e. The van der Waals surface area contributed by atoms with Gasteiger partial charge >= 0.3 is 0 Å². The van der Waals surface area contributed by atoms with Gasteiger partial charge < -0.3 is 11.1 Å². The molecule has 0 bridgehead atoms. The van der Waals surface area contributed by atoms with Crippen molar-refractivity contribution >= 4 is 13.7 Å². The summed E-state index contributed by atoms with van der Waals surface area (Å²) in [5.74, 6) is -0.425. The molecule has 0 aromatic carbocycles. The second-order valence-electron chi connectivity index (χ2n) is 3.12. The normalized spacial score (nSPS) is 31.4. The van der Waals surface area contributed by atoms with Gasteiger partial charge in [-0.3, -0.25) is 4.79 Å². The third-order valence-electron chi connectivity index (χ3n) is 2.12. The summed E-state index contributed by atoms with van der Waals surface area (Å²) in [5.41, 5.74) is 5.68. The van der Waals surface area contributed by atoms with Gasteiger partial charge in [-0.25, -0.2) is 0 Å². The molecule has 1 rings (SSSR count). The smallest absolute Gasteiger partial charge is 0.200 e. The van der Waals surface area contributed by atoms with E-state index in [1.54, 1.807) is 0 Å².